The van der Waals surface area contributed by atoms with Gasteiger partial charge in [-0.1, -0.05) is 64.5 Å². The number of hydrogen-bond donors (Lipinski definition) is 0. The zero-order valence-electron chi connectivity index (χ0n) is 19.3. The van der Waals surface area contributed by atoms with Gasteiger partial charge in [-0.25, -0.2) is 0 Å². The number of benzene rings is 1. The predicted molar refractivity (Wildman–Crippen MR) is 112 cm³/mol. The summed E-state index contributed by atoms with van der Waals surface area (Å²) in [5.41, 5.74) is 3.65. The summed E-state index contributed by atoms with van der Waals surface area (Å²) in [7, 11) is -1.73. The summed E-state index contributed by atoms with van der Waals surface area (Å²) in [6.07, 6.45) is 4.59. The molecule has 0 spiro atoms. The van der Waals surface area contributed by atoms with Gasteiger partial charge in [-0.2, -0.15) is 0 Å². The van der Waals surface area contributed by atoms with Gasteiger partial charge in [-0.3, -0.25) is 4.98 Å². The SMILES string of the molecule is [2H]C1(c2cccc(-c3cc(C([2H])([2H])C(C)C)c([Si](C)(C)C)cn3)c2)CCCC1. The summed E-state index contributed by atoms with van der Waals surface area (Å²) >= 11 is 0. The molecule has 0 saturated heterocycles. The van der Waals surface area contributed by atoms with Crippen molar-refractivity contribution in [3.8, 4) is 11.3 Å². The molecule has 1 nitrogen and oxygen atoms in total. The van der Waals surface area contributed by atoms with Gasteiger partial charge in [0.1, 0.15) is 0 Å². The lowest BCUT2D eigenvalue weighted by Crippen LogP contribution is -2.40. The van der Waals surface area contributed by atoms with Crippen LogP contribution in [0.3, 0.4) is 0 Å². The first kappa shape index (κ1) is 14.7. The topological polar surface area (TPSA) is 12.9 Å². The first-order valence-electron chi connectivity index (χ1n) is 11.1. The zero-order valence-corrected chi connectivity index (χ0v) is 17.3. The van der Waals surface area contributed by atoms with Gasteiger partial charge >= 0.3 is 0 Å². The fourth-order valence-electron chi connectivity index (χ4n) is 3.63. The minimum Gasteiger partial charge on any atom is -0.256 e. The minimum atomic E-state index is -1.73. The molecule has 2 heteroatoms. The van der Waals surface area contributed by atoms with Crippen LogP contribution in [0.25, 0.3) is 11.3 Å². The average molecular weight is 355 g/mol. The summed E-state index contributed by atoms with van der Waals surface area (Å²) in [4.78, 5) is 4.75. The van der Waals surface area contributed by atoms with E-state index in [9.17, 15) is 0 Å². The lowest BCUT2D eigenvalue weighted by molar-refractivity contribution is 0.649. The van der Waals surface area contributed by atoms with Crippen molar-refractivity contribution >= 4 is 13.3 Å². The van der Waals surface area contributed by atoms with Crippen molar-refractivity contribution in [2.75, 3.05) is 0 Å². The third kappa shape index (κ3) is 4.41. The molecular weight excluding hydrogens is 318 g/mol. The molecule has 1 aliphatic carbocycles. The second-order valence-electron chi connectivity index (χ2n) is 8.56. The van der Waals surface area contributed by atoms with E-state index in [1.54, 1.807) is 0 Å². The molecule has 0 bridgehead atoms. The van der Waals surface area contributed by atoms with E-state index in [1.807, 2.05) is 38.2 Å². The molecule has 0 unspecified atom stereocenters. The first-order chi connectivity index (χ1) is 12.9. The molecule has 0 amide bonds. The van der Waals surface area contributed by atoms with Gasteiger partial charge in [0, 0.05) is 15.9 Å². The van der Waals surface area contributed by atoms with Crippen LogP contribution >= 0.6 is 0 Å². The van der Waals surface area contributed by atoms with Crippen LogP contribution < -0.4 is 5.19 Å². The summed E-state index contributed by atoms with van der Waals surface area (Å²) in [6, 6.07) is 10.2. The molecule has 2 aromatic rings. The normalized spacial score (nSPS) is 19.5. The molecule has 0 radical (unpaired) electrons. The van der Waals surface area contributed by atoms with Gasteiger partial charge in [0.25, 0.3) is 0 Å². The minimum absolute atomic E-state index is 0.112. The molecule has 1 saturated carbocycles. The molecule has 1 aromatic heterocycles. The maximum Gasteiger partial charge on any atom is 0.0799 e. The molecule has 0 N–H and O–H groups in total. The van der Waals surface area contributed by atoms with Gasteiger partial charge in [0.2, 0.25) is 0 Å². The lowest BCUT2D eigenvalue weighted by Gasteiger charge is -2.22. The number of aromatic nitrogens is 1. The summed E-state index contributed by atoms with van der Waals surface area (Å²) < 4.78 is 26.3. The zero-order chi connectivity index (χ0) is 20.7. The quantitative estimate of drug-likeness (QED) is 0.587. The average Bonchev–Trinajstić information content (AvgIpc) is 3.08. The van der Waals surface area contributed by atoms with E-state index in [0.717, 1.165) is 53.3 Å². The lowest BCUT2D eigenvalue weighted by atomic mass is 9.94. The Balaban J connectivity index is 2.11. The molecule has 1 fully saturated rings. The molecule has 0 aliphatic heterocycles. The molecular formula is C23H33NSi. The highest BCUT2D eigenvalue weighted by molar-refractivity contribution is 6.89. The van der Waals surface area contributed by atoms with Crippen LogP contribution in [-0.4, -0.2) is 13.1 Å². The van der Waals surface area contributed by atoms with Crippen molar-refractivity contribution in [3.05, 3.63) is 47.7 Å². The van der Waals surface area contributed by atoms with Gasteiger partial charge in [0.15, 0.2) is 0 Å². The monoisotopic (exact) mass is 354 g/mol. The van der Waals surface area contributed by atoms with Gasteiger partial charge in [0.05, 0.1) is 13.8 Å². The van der Waals surface area contributed by atoms with E-state index in [-0.39, 0.29) is 5.92 Å². The van der Waals surface area contributed by atoms with Crippen LogP contribution in [0.4, 0.5) is 0 Å². The Hall–Kier alpha value is -1.41. The third-order valence-corrected chi connectivity index (χ3v) is 6.94. The molecule has 0 atom stereocenters. The molecule has 1 aliphatic rings. The Morgan fingerprint density at radius 2 is 1.92 bits per heavy atom. The van der Waals surface area contributed by atoms with E-state index < -0.39 is 20.3 Å². The van der Waals surface area contributed by atoms with Crippen LogP contribution in [0.2, 0.25) is 19.6 Å². The maximum atomic E-state index is 8.82. The Bertz CT molecular complexity index is 849. The van der Waals surface area contributed by atoms with Crippen molar-refractivity contribution in [3.63, 3.8) is 0 Å². The smallest absolute Gasteiger partial charge is 0.0799 e. The Morgan fingerprint density at radius 1 is 1.20 bits per heavy atom. The van der Waals surface area contributed by atoms with E-state index in [1.165, 1.54) is 0 Å². The van der Waals surface area contributed by atoms with Crippen molar-refractivity contribution in [2.45, 2.75) is 71.4 Å². The van der Waals surface area contributed by atoms with Crippen molar-refractivity contribution in [1.29, 1.82) is 0 Å². The second-order valence-corrected chi connectivity index (χ2v) is 13.6. The second kappa shape index (κ2) is 7.45. The fourth-order valence-corrected chi connectivity index (χ4v) is 5.03. The van der Waals surface area contributed by atoms with E-state index >= 15 is 0 Å². The van der Waals surface area contributed by atoms with E-state index in [4.69, 9.17) is 9.10 Å². The van der Waals surface area contributed by atoms with Crippen molar-refractivity contribution in [2.24, 2.45) is 5.92 Å². The van der Waals surface area contributed by atoms with Crippen molar-refractivity contribution < 1.29 is 4.11 Å². The number of rotatable bonds is 5. The van der Waals surface area contributed by atoms with E-state index in [2.05, 4.69) is 31.8 Å². The predicted octanol–water partition coefficient (Wildman–Crippen LogP) is 6.15. The summed E-state index contributed by atoms with van der Waals surface area (Å²) in [6.45, 7) is 10.6. The van der Waals surface area contributed by atoms with Crippen molar-refractivity contribution in [1.82, 2.24) is 4.98 Å². The Morgan fingerprint density at radius 3 is 2.56 bits per heavy atom. The Kier molecular flexibility index (Phi) is 4.39. The van der Waals surface area contributed by atoms with Gasteiger partial charge < -0.3 is 0 Å². The standard InChI is InChI=1S/C23H33NSi/c1-17(2)13-21-15-22(24-16-23(21)25(3,4)5)20-12-8-11-19(14-20)18-9-6-7-10-18/h8,11-12,14-18H,6-7,9-10,13H2,1-5H3/i13D2,18D. The van der Waals surface area contributed by atoms with Crippen LogP contribution in [-0.2, 0) is 6.37 Å². The van der Waals surface area contributed by atoms with Crippen LogP contribution in [0.5, 0.6) is 0 Å². The number of hydrogen-bond acceptors (Lipinski definition) is 1. The first-order valence-corrected chi connectivity index (χ1v) is 13.1. The molecule has 3 rings (SSSR count). The largest absolute Gasteiger partial charge is 0.256 e. The summed E-state index contributed by atoms with van der Waals surface area (Å²) in [5, 5.41) is 1.10. The van der Waals surface area contributed by atoms with Gasteiger partial charge in [-0.05, 0) is 59.5 Å². The maximum absolute atomic E-state index is 8.82. The highest BCUT2D eigenvalue weighted by Crippen LogP contribution is 2.35. The molecule has 134 valence electrons. The third-order valence-electron chi connectivity index (χ3n) is 4.93. The Labute approximate surface area is 159 Å². The number of nitrogens with zero attached hydrogens (tertiary/aromatic N) is 1. The van der Waals surface area contributed by atoms with Crippen LogP contribution in [0.15, 0.2) is 36.5 Å². The summed E-state index contributed by atoms with van der Waals surface area (Å²) in [5.74, 6) is -0.594. The van der Waals surface area contributed by atoms with Gasteiger partial charge in [-0.15, -0.1) is 0 Å². The van der Waals surface area contributed by atoms with Crippen LogP contribution in [0.1, 0.15) is 60.7 Å². The highest BCUT2D eigenvalue weighted by atomic mass is 28.3. The molecule has 1 aromatic carbocycles. The fraction of sp³-hybridized carbons (Fsp3) is 0.522. The van der Waals surface area contributed by atoms with Crippen LogP contribution in [0, 0.1) is 5.92 Å². The highest BCUT2D eigenvalue weighted by Gasteiger charge is 2.22. The molecule has 25 heavy (non-hydrogen) atoms. The molecule has 1 heterocycles. The van der Waals surface area contributed by atoms with E-state index in [0.29, 0.717) is 0 Å². The number of pyridine rings is 1.